The number of hydrogen-bond donors (Lipinski definition) is 0. The second kappa shape index (κ2) is 5.65. The summed E-state index contributed by atoms with van der Waals surface area (Å²) in [6, 6.07) is 0. The predicted octanol–water partition coefficient (Wildman–Crippen LogP) is -3.00. The van der Waals surface area contributed by atoms with Crippen LogP contribution in [0.4, 0.5) is 0 Å². The first-order valence-corrected chi connectivity index (χ1v) is 3.46. The summed E-state index contributed by atoms with van der Waals surface area (Å²) < 4.78 is 34.4. The zero-order valence-electron chi connectivity index (χ0n) is 2.64. The molecule has 0 amide bonds. The fourth-order valence-electron chi connectivity index (χ4n) is 0. The van der Waals surface area contributed by atoms with Crippen molar-refractivity contribution in [1.29, 1.82) is 0 Å². The average molecular weight is 359 g/mol. The van der Waals surface area contributed by atoms with E-state index < -0.39 is 13.4 Å². The minimum absolute atomic E-state index is 0. The Kier molecular flexibility index (Phi) is 12.8. The summed E-state index contributed by atoms with van der Waals surface area (Å²) in [6.07, 6.45) is 0. The topological polar surface area (TPSA) is 80.3 Å². The van der Waals surface area contributed by atoms with E-state index >= 15 is 0 Å². The van der Waals surface area contributed by atoms with Crippen LogP contribution in [0.25, 0.3) is 0 Å². The standard InChI is InChI=1S/2Ag.H2O4Se/c;;1-5(2,3)4/h;;(H2,1,2,3,4)/q2*+1;/p-2. The number of hydrogen-bond acceptors (Lipinski definition) is 4. The van der Waals surface area contributed by atoms with E-state index in [4.69, 9.17) is 16.0 Å². The third-order valence-corrected chi connectivity index (χ3v) is 0. The molecule has 7 heavy (non-hydrogen) atoms. The normalized spacial score (nSPS) is 8.29. The molecule has 0 radical (unpaired) electrons. The molecule has 0 heterocycles. The van der Waals surface area contributed by atoms with Crippen LogP contribution >= 0.6 is 0 Å². The van der Waals surface area contributed by atoms with E-state index in [1.165, 1.54) is 0 Å². The Bertz CT molecular complexity index is 92.9. The van der Waals surface area contributed by atoms with Crippen LogP contribution in [-0.2, 0) is 52.4 Å². The summed E-state index contributed by atoms with van der Waals surface area (Å²) in [5.41, 5.74) is 0. The van der Waals surface area contributed by atoms with Gasteiger partial charge in [-0.15, -0.1) is 0 Å². The van der Waals surface area contributed by atoms with Crippen LogP contribution in [0, 0.1) is 0 Å². The zero-order chi connectivity index (χ0) is 4.50. The van der Waals surface area contributed by atoms with E-state index in [2.05, 4.69) is 0 Å². The van der Waals surface area contributed by atoms with Crippen LogP contribution in [0.15, 0.2) is 0 Å². The minimum atomic E-state index is -5.75. The molecule has 4 nitrogen and oxygen atoms in total. The Hall–Kier alpha value is 1.52. The maximum absolute atomic E-state index is 8.59. The van der Waals surface area contributed by atoms with Crippen molar-refractivity contribution < 1.29 is 60.8 Å². The molecule has 0 aromatic rings. The predicted molar refractivity (Wildman–Crippen MR) is 7.13 cm³/mol. The Morgan fingerprint density at radius 1 is 1.00 bits per heavy atom. The van der Waals surface area contributed by atoms with Gasteiger partial charge < -0.3 is 0 Å². The molecule has 0 aromatic heterocycles. The van der Waals surface area contributed by atoms with E-state index in [9.17, 15) is 0 Å². The fraction of sp³-hybridized carbons (Fsp3) is 0. The van der Waals surface area contributed by atoms with E-state index in [-0.39, 0.29) is 44.8 Å². The molecule has 0 spiro atoms. The van der Waals surface area contributed by atoms with Gasteiger partial charge in [0.25, 0.3) is 0 Å². The van der Waals surface area contributed by atoms with Crippen molar-refractivity contribution >= 4 is 13.4 Å². The van der Waals surface area contributed by atoms with Gasteiger partial charge >= 0.3 is 74.2 Å². The molecule has 0 aliphatic rings. The summed E-state index contributed by atoms with van der Waals surface area (Å²) in [7, 11) is 0. The van der Waals surface area contributed by atoms with Gasteiger partial charge in [-0.25, -0.2) is 0 Å². The van der Waals surface area contributed by atoms with Crippen molar-refractivity contribution in [3.8, 4) is 0 Å². The second-order valence-electron chi connectivity index (χ2n) is 0.408. The molecule has 0 aromatic carbocycles. The summed E-state index contributed by atoms with van der Waals surface area (Å²) in [4.78, 5) is 0. The van der Waals surface area contributed by atoms with Crippen molar-refractivity contribution in [1.82, 2.24) is 0 Å². The van der Waals surface area contributed by atoms with Crippen molar-refractivity contribution in [3.05, 3.63) is 0 Å². The van der Waals surface area contributed by atoms with E-state index in [1.807, 2.05) is 0 Å². The van der Waals surface area contributed by atoms with Gasteiger partial charge in [-0.05, 0) is 0 Å². The molecule has 0 saturated carbocycles. The Morgan fingerprint density at radius 3 is 1.00 bits per heavy atom. The van der Waals surface area contributed by atoms with E-state index in [0.717, 1.165) is 0 Å². The zero-order valence-corrected chi connectivity index (χ0v) is 7.32. The molecule has 0 bridgehead atoms. The maximum atomic E-state index is 8.59. The third-order valence-electron chi connectivity index (χ3n) is 0. The summed E-state index contributed by atoms with van der Waals surface area (Å²) in [6.45, 7) is 0. The molecule has 0 fully saturated rings. The monoisotopic (exact) mass is 358 g/mol. The first-order valence-electron chi connectivity index (χ1n) is 0.667. The Labute approximate surface area is 73.6 Å². The molecular formula is Ag2O4Se. The van der Waals surface area contributed by atoms with Gasteiger partial charge in [0.15, 0.2) is 0 Å². The molecule has 0 unspecified atom stereocenters. The van der Waals surface area contributed by atoms with Crippen LogP contribution < -0.4 is 8.38 Å². The largest absolute Gasteiger partial charge is 1.00 e. The van der Waals surface area contributed by atoms with Crippen LogP contribution in [0.2, 0.25) is 0 Å². The van der Waals surface area contributed by atoms with Gasteiger partial charge in [0, 0.05) is 0 Å². The summed E-state index contributed by atoms with van der Waals surface area (Å²) in [5, 5.41) is 0. The Balaban J connectivity index is -0.0000000800. The van der Waals surface area contributed by atoms with Crippen LogP contribution in [0.5, 0.6) is 0 Å². The Morgan fingerprint density at radius 2 is 1.00 bits per heavy atom. The second-order valence-corrected chi connectivity index (χ2v) is 2.12. The molecule has 0 rings (SSSR count). The molecule has 0 saturated heterocycles. The van der Waals surface area contributed by atoms with Crippen molar-refractivity contribution in [3.63, 3.8) is 0 Å². The molecule has 7 heteroatoms. The van der Waals surface area contributed by atoms with E-state index in [0.29, 0.717) is 0 Å². The average Bonchev–Trinajstić information content (AvgIpc) is 0.722. The molecule has 0 N–H and O–H groups in total. The van der Waals surface area contributed by atoms with Crippen LogP contribution in [-0.4, -0.2) is 13.4 Å². The molecular weight excluding hydrogens is 359 g/mol. The summed E-state index contributed by atoms with van der Waals surface area (Å²) >= 11 is -5.75. The molecule has 0 atom stereocenters. The maximum Gasteiger partial charge on any atom is 1.00 e. The van der Waals surface area contributed by atoms with Gasteiger partial charge in [-0.3, -0.25) is 0 Å². The quantitative estimate of drug-likeness (QED) is 0.432. The van der Waals surface area contributed by atoms with Gasteiger partial charge in [-0.1, -0.05) is 0 Å². The van der Waals surface area contributed by atoms with Crippen molar-refractivity contribution in [2.45, 2.75) is 0 Å². The first-order chi connectivity index (χ1) is 2.00. The van der Waals surface area contributed by atoms with Gasteiger partial charge in [0.1, 0.15) is 0 Å². The van der Waals surface area contributed by atoms with Crippen molar-refractivity contribution in [2.24, 2.45) is 0 Å². The number of rotatable bonds is 0. The van der Waals surface area contributed by atoms with Gasteiger partial charge in [-0.2, -0.15) is 0 Å². The first kappa shape index (κ1) is 15.8. The van der Waals surface area contributed by atoms with Gasteiger partial charge in [0.2, 0.25) is 0 Å². The minimum Gasteiger partial charge on any atom is 1.00 e. The molecule has 0 aliphatic carbocycles. The molecule has 0 aliphatic heterocycles. The van der Waals surface area contributed by atoms with Gasteiger partial charge in [0.05, 0.1) is 0 Å². The SMILES string of the molecule is O=[Se](=O)([O-])[O-].[Ag+].[Ag+]. The van der Waals surface area contributed by atoms with Crippen LogP contribution in [0.3, 0.4) is 0 Å². The third kappa shape index (κ3) is 99.2. The van der Waals surface area contributed by atoms with Crippen molar-refractivity contribution in [2.75, 3.05) is 0 Å². The van der Waals surface area contributed by atoms with E-state index in [1.54, 1.807) is 0 Å². The summed E-state index contributed by atoms with van der Waals surface area (Å²) in [5.74, 6) is 0. The fourth-order valence-corrected chi connectivity index (χ4v) is 0. The smallest absolute Gasteiger partial charge is 1.00 e. The van der Waals surface area contributed by atoms with Crippen LogP contribution in [0.1, 0.15) is 0 Å². The molecule has 52 valence electrons.